The second-order valence-electron chi connectivity index (χ2n) is 6.06. The van der Waals surface area contributed by atoms with Crippen molar-refractivity contribution in [1.29, 1.82) is 0 Å². The fraction of sp³-hybridized carbons (Fsp3) is 0.667. The molecule has 0 heterocycles. The minimum atomic E-state index is 0.260. The molecule has 3 heteroatoms. The van der Waals surface area contributed by atoms with Gasteiger partial charge in [0, 0.05) is 32.3 Å². The molecule has 0 bridgehead atoms. The third kappa shape index (κ3) is 5.10. The van der Waals surface area contributed by atoms with E-state index in [-0.39, 0.29) is 6.04 Å². The topological polar surface area (TPSA) is 38.5 Å². The molecule has 0 aliphatic heterocycles. The van der Waals surface area contributed by atoms with Crippen LogP contribution in [-0.4, -0.2) is 37.7 Å². The third-order valence-electron chi connectivity index (χ3n) is 4.32. The summed E-state index contributed by atoms with van der Waals surface area (Å²) in [6, 6.07) is 9.68. The van der Waals surface area contributed by atoms with E-state index in [9.17, 15) is 0 Å². The maximum atomic E-state index is 6.09. The Morgan fingerprint density at radius 3 is 2.10 bits per heavy atom. The summed E-state index contributed by atoms with van der Waals surface area (Å²) in [5, 5.41) is 0. The first kappa shape index (κ1) is 18.1. The van der Waals surface area contributed by atoms with E-state index >= 15 is 0 Å². The average molecular weight is 292 g/mol. The van der Waals surface area contributed by atoms with Gasteiger partial charge < -0.3 is 10.5 Å². The SMILES string of the molecule is CCC(C)N(CCOC)C(CN)c1ccc(C(C)C)cc1. The second kappa shape index (κ2) is 9.19. The molecule has 1 aromatic rings. The van der Waals surface area contributed by atoms with E-state index in [4.69, 9.17) is 10.5 Å². The van der Waals surface area contributed by atoms with Crippen LogP contribution in [0.15, 0.2) is 24.3 Å². The first-order valence-electron chi connectivity index (χ1n) is 8.09. The van der Waals surface area contributed by atoms with E-state index < -0.39 is 0 Å². The molecule has 0 saturated carbocycles. The molecular weight excluding hydrogens is 260 g/mol. The predicted octanol–water partition coefficient (Wildman–Crippen LogP) is 3.56. The lowest BCUT2D eigenvalue weighted by molar-refractivity contribution is 0.0902. The predicted molar refractivity (Wildman–Crippen MR) is 90.7 cm³/mol. The van der Waals surface area contributed by atoms with Crippen LogP contribution < -0.4 is 5.73 Å². The smallest absolute Gasteiger partial charge is 0.0590 e. The van der Waals surface area contributed by atoms with Gasteiger partial charge in [-0.25, -0.2) is 0 Å². The van der Waals surface area contributed by atoms with E-state index in [2.05, 4.69) is 56.9 Å². The summed E-state index contributed by atoms with van der Waals surface area (Å²) < 4.78 is 5.27. The summed E-state index contributed by atoms with van der Waals surface area (Å²) in [4.78, 5) is 2.47. The number of rotatable bonds is 9. The van der Waals surface area contributed by atoms with Gasteiger partial charge in [-0.3, -0.25) is 4.90 Å². The molecule has 0 aromatic heterocycles. The molecule has 0 spiro atoms. The summed E-state index contributed by atoms with van der Waals surface area (Å²) in [6.07, 6.45) is 1.12. The van der Waals surface area contributed by atoms with Gasteiger partial charge in [-0.1, -0.05) is 45.0 Å². The van der Waals surface area contributed by atoms with Crippen molar-refractivity contribution in [2.45, 2.75) is 52.1 Å². The van der Waals surface area contributed by atoms with Gasteiger partial charge in [0.15, 0.2) is 0 Å². The number of benzene rings is 1. The molecule has 1 aromatic carbocycles. The normalized spacial score (nSPS) is 14.7. The molecule has 0 aliphatic rings. The zero-order chi connectivity index (χ0) is 15.8. The molecule has 2 atom stereocenters. The third-order valence-corrected chi connectivity index (χ3v) is 4.32. The zero-order valence-corrected chi connectivity index (χ0v) is 14.3. The van der Waals surface area contributed by atoms with Crippen molar-refractivity contribution in [2.24, 2.45) is 5.73 Å². The maximum absolute atomic E-state index is 6.09. The largest absolute Gasteiger partial charge is 0.383 e. The van der Waals surface area contributed by atoms with Crippen LogP contribution in [0, 0.1) is 0 Å². The van der Waals surface area contributed by atoms with Gasteiger partial charge in [-0.05, 0) is 30.4 Å². The van der Waals surface area contributed by atoms with Crippen molar-refractivity contribution in [3.8, 4) is 0 Å². The van der Waals surface area contributed by atoms with Crippen LogP contribution in [0.2, 0.25) is 0 Å². The number of hydrogen-bond donors (Lipinski definition) is 1. The van der Waals surface area contributed by atoms with Crippen LogP contribution in [0.4, 0.5) is 0 Å². The summed E-state index contributed by atoms with van der Waals surface area (Å²) in [5.74, 6) is 0.564. The molecule has 0 amide bonds. The van der Waals surface area contributed by atoms with Crippen LogP contribution in [-0.2, 0) is 4.74 Å². The summed E-state index contributed by atoms with van der Waals surface area (Å²) in [5.41, 5.74) is 8.77. The molecule has 0 radical (unpaired) electrons. The van der Waals surface area contributed by atoms with Crippen molar-refractivity contribution >= 4 is 0 Å². The van der Waals surface area contributed by atoms with E-state index in [1.54, 1.807) is 7.11 Å². The quantitative estimate of drug-likeness (QED) is 0.756. The molecule has 0 aliphatic carbocycles. The number of nitrogens with two attached hydrogens (primary N) is 1. The minimum absolute atomic E-state index is 0.260. The Balaban J connectivity index is 2.95. The molecule has 2 unspecified atom stereocenters. The Hall–Kier alpha value is -0.900. The molecule has 2 N–H and O–H groups in total. The van der Waals surface area contributed by atoms with Crippen molar-refractivity contribution in [2.75, 3.05) is 26.8 Å². The van der Waals surface area contributed by atoms with Gasteiger partial charge >= 0.3 is 0 Å². The molecule has 1 rings (SSSR count). The van der Waals surface area contributed by atoms with E-state index in [0.29, 0.717) is 18.5 Å². The Morgan fingerprint density at radius 2 is 1.67 bits per heavy atom. The van der Waals surface area contributed by atoms with Crippen molar-refractivity contribution < 1.29 is 4.74 Å². The van der Waals surface area contributed by atoms with Crippen molar-refractivity contribution in [1.82, 2.24) is 4.90 Å². The van der Waals surface area contributed by atoms with Crippen LogP contribution in [0.25, 0.3) is 0 Å². The van der Waals surface area contributed by atoms with E-state index in [1.165, 1.54) is 11.1 Å². The number of methoxy groups -OCH3 is 1. The second-order valence-corrected chi connectivity index (χ2v) is 6.06. The number of ether oxygens (including phenoxy) is 1. The molecule has 21 heavy (non-hydrogen) atoms. The first-order valence-corrected chi connectivity index (χ1v) is 8.09. The van der Waals surface area contributed by atoms with Crippen LogP contribution >= 0.6 is 0 Å². The van der Waals surface area contributed by atoms with Crippen LogP contribution in [0.3, 0.4) is 0 Å². The summed E-state index contributed by atoms with van der Waals surface area (Å²) in [7, 11) is 1.75. The van der Waals surface area contributed by atoms with Crippen molar-refractivity contribution in [3.05, 3.63) is 35.4 Å². The molecular formula is C18H32N2O. The van der Waals surface area contributed by atoms with Gasteiger partial charge in [-0.15, -0.1) is 0 Å². The molecule has 120 valence electrons. The lowest BCUT2D eigenvalue weighted by Gasteiger charge is -2.36. The van der Waals surface area contributed by atoms with E-state index in [0.717, 1.165) is 19.6 Å². The fourth-order valence-corrected chi connectivity index (χ4v) is 2.68. The highest BCUT2D eigenvalue weighted by atomic mass is 16.5. The zero-order valence-electron chi connectivity index (χ0n) is 14.3. The van der Waals surface area contributed by atoms with Gasteiger partial charge in [0.2, 0.25) is 0 Å². The van der Waals surface area contributed by atoms with Gasteiger partial charge in [0.05, 0.1) is 6.61 Å². The highest BCUT2D eigenvalue weighted by Crippen LogP contribution is 2.25. The average Bonchev–Trinajstić information content (AvgIpc) is 2.50. The molecule has 3 nitrogen and oxygen atoms in total. The standard InChI is InChI=1S/C18H32N2O/c1-6-15(4)20(11-12-21-5)18(13-19)17-9-7-16(8-10-17)14(2)3/h7-10,14-15,18H,6,11-13,19H2,1-5H3. The number of hydrogen-bond acceptors (Lipinski definition) is 3. The van der Waals surface area contributed by atoms with Crippen LogP contribution in [0.1, 0.15) is 57.2 Å². The first-order chi connectivity index (χ1) is 10.0. The molecule has 0 saturated heterocycles. The number of nitrogens with zero attached hydrogens (tertiary/aromatic N) is 1. The van der Waals surface area contributed by atoms with Gasteiger partial charge in [0.25, 0.3) is 0 Å². The van der Waals surface area contributed by atoms with Gasteiger partial charge in [-0.2, -0.15) is 0 Å². The Morgan fingerprint density at radius 1 is 1.10 bits per heavy atom. The monoisotopic (exact) mass is 292 g/mol. The Labute approximate surface area is 130 Å². The van der Waals surface area contributed by atoms with Crippen LogP contribution in [0.5, 0.6) is 0 Å². The molecule has 0 fully saturated rings. The maximum Gasteiger partial charge on any atom is 0.0590 e. The summed E-state index contributed by atoms with van der Waals surface area (Å²) >= 11 is 0. The lowest BCUT2D eigenvalue weighted by Crippen LogP contribution is -2.41. The minimum Gasteiger partial charge on any atom is -0.383 e. The Bertz CT molecular complexity index is 389. The highest BCUT2D eigenvalue weighted by molar-refractivity contribution is 5.27. The summed E-state index contributed by atoms with van der Waals surface area (Å²) in [6.45, 7) is 11.2. The fourth-order valence-electron chi connectivity index (χ4n) is 2.68. The highest BCUT2D eigenvalue weighted by Gasteiger charge is 2.22. The van der Waals surface area contributed by atoms with Gasteiger partial charge in [0.1, 0.15) is 0 Å². The Kier molecular flexibility index (Phi) is 7.94. The lowest BCUT2D eigenvalue weighted by atomic mass is 9.97. The van der Waals surface area contributed by atoms with E-state index in [1.807, 2.05) is 0 Å². The van der Waals surface area contributed by atoms with Crippen molar-refractivity contribution in [3.63, 3.8) is 0 Å².